The summed E-state index contributed by atoms with van der Waals surface area (Å²) in [5.41, 5.74) is 2.76. The van der Waals surface area contributed by atoms with E-state index in [2.05, 4.69) is 33.4 Å². The maximum absolute atomic E-state index is 13.4. The van der Waals surface area contributed by atoms with Crippen LogP contribution in [0.3, 0.4) is 0 Å². The van der Waals surface area contributed by atoms with Crippen LogP contribution >= 0.6 is 0 Å². The predicted octanol–water partition coefficient (Wildman–Crippen LogP) is 5.71. The van der Waals surface area contributed by atoms with Crippen LogP contribution in [-0.4, -0.2) is 17.0 Å². The van der Waals surface area contributed by atoms with Crippen LogP contribution in [0.15, 0.2) is 23.8 Å². The van der Waals surface area contributed by atoms with Gasteiger partial charge in [0.25, 0.3) is 0 Å². The van der Waals surface area contributed by atoms with E-state index in [0.29, 0.717) is 23.5 Å². The third-order valence-corrected chi connectivity index (χ3v) is 8.36. The minimum atomic E-state index is -0.205. The lowest BCUT2D eigenvalue weighted by Gasteiger charge is -2.57. The second-order valence-electron chi connectivity index (χ2n) is 9.65. The van der Waals surface area contributed by atoms with Gasteiger partial charge in [-0.15, -0.1) is 0 Å². The van der Waals surface area contributed by atoms with E-state index in [1.54, 1.807) is 0 Å². The van der Waals surface area contributed by atoms with Gasteiger partial charge in [-0.05, 0) is 74.0 Å². The quantitative estimate of drug-likeness (QED) is 0.610. The summed E-state index contributed by atoms with van der Waals surface area (Å²) in [6.45, 7) is 15.1. The lowest BCUT2D eigenvalue weighted by molar-refractivity contribution is -0.144. The van der Waals surface area contributed by atoms with Crippen molar-refractivity contribution in [2.75, 3.05) is 0 Å². The molecule has 0 heterocycles. The number of ketones is 1. The number of hydrogen-bond acceptors (Lipinski definition) is 2. The van der Waals surface area contributed by atoms with Crippen molar-refractivity contribution in [3.05, 3.63) is 23.8 Å². The largest absolute Gasteiger partial charge is 0.393 e. The fraction of sp³-hybridized carbons (Fsp3) is 0.792. The molecular weight excluding hydrogens is 320 g/mol. The van der Waals surface area contributed by atoms with Gasteiger partial charge in [0.1, 0.15) is 5.78 Å². The minimum Gasteiger partial charge on any atom is -0.393 e. The van der Waals surface area contributed by atoms with Crippen molar-refractivity contribution < 1.29 is 9.90 Å². The summed E-state index contributed by atoms with van der Waals surface area (Å²) in [5, 5.41) is 10.1. The second kappa shape index (κ2) is 6.93. The van der Waals surface area contributed by atoms with Crippen molar-refractivity contribution in [2.24, 2.45) is 34.5 Å². The highest BCUT2D eigenvalue weighted by Crippen LogP contribution is 2.65. The van der Waals surface area contributed by atoms with Gasteiger partial charge >= 0.3 is 0 Å². The molecule has 0 radical (unpaired) electrons. The monoisotopic (exact) mass is 358 g/mol. The summed E-state index contributed by atoms with van der Waals surface area (Å²) in [7, 11) is 0. The van der Waals surface area contributed by atoms with Crippen LogP contribution in [0, 0.1) is 34.5 Å². The molecule has 26 heavy (non-hydrogen) atoms. The first kappa shape index (κ1) is 19.9. The summed E-state index contributed by atoms with van der Waals surface area (Å²) >= 11 is 0. The molecule has 0 amide bonds. The zero-order chi connectivity index (χ0) is 19.3. The van der Waals surface area contributed by atoms with Crippen LogP contribution in [0.4, 0.5) is 0 Å². The molecule has 4 rings (SSSR count). The van der Waals surface area contributed by atoms with Gasteiger partial charge in [0.2, 0.25) is 0 Å². The number of hydrogen-bond donors (Lipinski definition) is 1. The maximum Gasteiger partial charge on any atom is 0.137 e. The van der Waals surface area contributed by atoms with Gasteiger partial charge in [0.05, 0.1) is 6.10 Å². The van der Waals surface area contributed by atoms with Gasteiger partial charge in [-0.3, -0.25) is 4.79 Å². The molecule has 4 aliphatic carbocycles. The summed E-state index contributed by atoms with van der Waals surface area (Å²) < 4.78 is 0. The summed E-state index contributed by atoms with van der Waals surface area (Å²) in [5.74, 6) is 2.36. The van der Waals surface area contributed by atoms with Crippen LogP contribution in [0.2, 0.25) is 0 Å². The van der Waals surface area contributed by atoms with Gasteiger partial charge in [-0.2, -0.15) is 0 Å². The van der Waals surface area contributed by atoms with Crippen molar-refractivity contribution in [3.63, 3.8) is 0 Å². The molecule has 2 heteroatoms. The standard InChI is InChI=1S/C22H32O2.C2H6/c1-13(2)17-7-8-18-16-6-5-14-11-15(23)9-10-21(14,3)20(16)19(24)12-22(17,18)4;1-2/h5,15-18,20,23H,1,6-12H2,2-4H3;1-2H3. The van der Waals surface area contributed by atoms with E-state index < -0.39 is 0 Å². The van der Waals surface area contributed by atoms with Crippen LogP contribution < -0.4 is 0 Å². The number of carbonyl (C=O) groups is 1. The van der Waals surface area contributed by atoms with Gasteiger partial charge in [0.15, 0.2) is 0 Å². The molecular formula is C24H38O2. The first-order valence-corrected chi connectivity index (χ1v) is 10.8. The second-order valence-corrected chi connectivity index (χ2v) is 9.65. The topological polar surface area (TPSA) is 37.3 Å². The molecule has 0 aromatic rings. The van der Waals surface area contributed by atoms with Crippen LogP contribution in [0.25, 0.3) is 0 Å². The zero-order valence-electron chi connectivity index (χ0n) is 17.5. The molecule has 146 valence electrons. The molecule has 7 atom stereocenters. The number of fused-ring (bicyclic) bond motifs is 5. The Morgan fingerprint density at radius 2 is 1.92 bits per heavy atom. The van der Waals surface area contributed by atoms with Gasteiger partial charge in [-0.1, -0.05) is 51.5 Å². The van der Waals surface area contributed by atoms with E-state index in [0.717, 1.165) is 32.1 Å². The van der Waals surface area contributed by atoms with Crippen LogP contribution in [-0.2, 0) is 4.79 Å². The van der Waals surface area contributed by atoms with Crippen molar-refractivity contribution in [1.29, 1.82) is 0 Å². The van der Waals surface area contributed by atoms with E-state index in [-0.39, 0.29) is 22.9 Å². The molecule has 0 spiro atoms. The van der Waals surface area contributed by atoms with Crippen LogP contribution in [0.1, 0.15) is 79.6 Å². The van der Waals surface area contributed by atoms with E-state index in [1.807, 2.05) is 13.8 Å². The predicted molar refractivity (Wildman–Crippen MR) is 108 cm³/mol. The van der Waals surface area contributed by atoms with Gasteiger partial charge < -0.3 is 5.11 Å². The van der Waals surface area contributed by atoms with Gasteiger partial charge in [-0.25, -0.2) is 0 Å². The number of carbonyl (C=O) groups excluding carboxylic acids is 1. The fourth-order valence-electron chi connectivity index (χ4n) is 7.28. The Balaban J connectivity index is 0.000000948. The first-order chi connectivity index (χ1) is 12.3. The fourth-order valence-corrected chi connectivity index (χ4v) is 7.28. The molecule has 0 saturated heterocycles. The molecule has 0 aromatic heterocycles. The average molecular weight is 359 g/mol. The minimum absolute atomic E-state index is 0.00186. The van der Waals surface area contributed by atoms with Gasteiger partial charge in [0, 0.05) is 12.3 Å². The van der Waals surface area contributed by atoms with Crippen molar-refractivity contribution >= 4 is 5.78 Å². The highest BCUT2D eigenvalue weighted by molar-refractivity contribution is 5.85. The first-order valence-electron chi connectivity index (χ1n) is 10.8. The Hall–Kier alpha value is -0.890. The zero-order valence-corrected chi connectivity index (χ0v) is 17.5. The van der Waals surface area contributed by atoms with E-state index >= 15 is 0 Å². The lowest BCUT2D eigenvalue weighted by atomic mass is 9.46. The average Bonchev–Trinajstić information content (AvgIpc) is 2.93. The smallest absolute Gasteiger partial charge is 0.137 e. The molecule has 0 aliphatic heterocycles. The van der Waals surface area contributed by atoms with E-state index in [9.17, 15) is 9.90 Å². The summed E-state index contributed by atoms with van der Waals surface area (Å²) in [6.07, 6.45) is 9.03. The molecule has 0 bridgehead atoms. The van der Waals surface area contributed by atoms with Crippen LogP contribution in [0.5, 0.6) is 0 Å². The number of allylic oxidation sites excluding steroid dienone is 2. The highest BCUT2D eigenvalue weighted by Gasteiger charge is 2.61. The Kier molecular flexibility index (Phi) is 5.29. The molecule has 1 N–H and O–H groups in total. The Morgan fingerprint density at radius 1 is 1.23 bits per heavy atom. The third kappa shape index (κ3) is 2.75. The molecule has 0 aromatic carbocycles. The number of aliphatic hydroxyl groups excluding tert-OH is 1. The Morgan fingerprint density at radius 3 is 2.58 bits per heavy atom. The number of rotatable bonds is 1. The van der Waals surface area contributed by atoms with E-state index in [4.69, 9.17) is 0 Å². The SMILES string of the molecule is C=C(C)C1CCC2C3CC=C4CC(O)CCC4(C)C3C(=O)CC12C.CC. The van der Waals surface area contributed by atoms with E-state index in [1.165, 1.54) is 24.0 Å². The molecule has 4 aliphatic rings. The molecule has 7 unspecified atom stereocenters. The summed E-state index contributed by atoms with van der Waals surface area (Å²) in [6, 6.07) is 0. The third-order valence-electron chi connectivity index (χ3n) is 8.36. The highest BCUT2D eigenvalue weighted by atomic mass is 16.3. The molecule has 3 fully saturated rings. The molecule has 2 nitrogen and oxygen atoms in total. The van der Waals surface area contributed by atoms with Crippen molar-refractivity contribution in [1.82, 2.24) is 0 Å². The number of aliphatic hydroxyl groups is 1. The maximum atomic E-state index is 13.4. The van der Waals surface area contributed by atoms with Crippen molar-refractivity contribution in [3.8, 4) is 0 Å². The summed E-state index contributed by atoms with van der Waals surface area (Å²) in [4.78, 5) is 13.4. The van der Waals surface area contributed by atoms with Crippen molar-refractivity contribution in [2.45, 2.75) is 85.7 Å². The normalized spacial score (nSPS) is 46.9. The molecule has 3 saturated carbocycles. The number of Topliss-reactive ketones (excluding diaryl/α,β-unsaturated/α-hetero) is 1. The Labute approximate surface area is 160 Å². The Bertz CT molecular complexity index is 618. The lowest BCUT2D eigenvalue weighted by Crippen LogP contribution is -2.54.